The Kier molecular flexibility index (Phi) is 6.13. The van der Waals surface area contributed by atoms with Gasteiger partial charge in [-0.1, -0.05) is 36.4 Å². The monoisotopic (exact) mass is 492 g/mol. The summed E-state index contributed by atoms with van der Waals surface area (Å²) in [5.41, 5.74) is 2.06. The number of fused-ring (bicyclic) bond motifs is 1. The molecule has 0 spiro atoms. The molecule has 178 valence electrons. The fourth-order valence-electron chi connectivity index (χ4n) is 4.47. The third-order valence-electron chi connectivity index (χ3n) is 6.21. The van der Waals surface area contributed by atoms with Crippen LogP contribution < -0.4 is 10.4 Å². The van der Waals surface area contributed by atoms with Crippen LogP contribution in [0.5, 0.6) is 5.75 Å². The van der Waals surface area contributed by atoms with Crippen LogP contribution in [-0.2, 0) is 11.4 Å². The molecule has 0 unspecified atom stereocenters. The standard InChI is InChI=1S/C26H22ClFN4O3/c1-2-25(33)30-12-10-19(15-30)32-22-9-11-29-14-23(22)31(26(32)34)18-7-8-24(20(27)13-18)35-16-17-5-3-4-6-21(17)28/h2-9,11,13-14,19H,1,10,12,15-16H2/t19-/m1/s1. The molecule has 7 nitrogen and oxygen atoms in total. The average molecular weight is 493 g/mol. The second-order valence-electron chi connectivity index (χ2n) is 8.28. The molecular formula is C26H22ClFN4O3. The van der Waals surface area contributed by atoms with Crippen molar-refractivity contribution in [2.75, 3.05) is 13.1 Å². The largest absolute Gasteiger partial charge is 0.487 e. The van der Waals surface area contributed by atoms with Gasteiger partial charge in [-0.3, -0.25) is 18.9 Å². The highest BCUT2D eigenvalue weighted by Crippen LogP contribution is 2.30. The van der Waals surface area contributed by atoms with Crippen LogP contribution in [0.3, 0.4) is 0 Å². The first-order chi connectivity index (χ1) is 17.0. The molecule has 3 heterocycles. The number of hydrogen-bond acceptors (Lipinski definition) is 4. The van der Waals surface area contributed by atoms with E-state index in [0.29, 0.717) is 47.1 Å². The fraction of sp³-hybridized carbons (Fsp3) is 0.192. The van der Waals surface area contributed by atoms with Crippen molar-refractivity contribution in [3.05, 3.63) is 100 Å². The first-order valence-electron chi connectivity index (χ1n) is 11.1. The van der Waals surface area contributed by atoms with Gasteiger partial charge in [0.2, 0.25) is 5.91 Å². The predicted molar refractivity (Wildman–Crippen MR) is 132 cm³/mol. The van der Waals surface area contributed by atoms with Crippen LogP contribution >= 0.6 is 11.6 Å². The van der Waals surface area contributed by atoms with Crippen LogP contribution in [0.25, 0.3) is 16.7 Å². The molecule has 1 fully saturated rings. The van der Waals surface area contributed by atoms with E-state index in [1.165, 1.54) is 12.1 Å². The van der Waals surface area contributed by atoms with Crippen molar-refractivity contribution in [1.29, 1.82) is 0 Å². The highest BCUT2D eigenvalue weighted by atomic mass is 35.5. The molecule has 5 rings (SSSR count). The van der Waals surface area contributed by atoms with E-state index in [4.69, 9.17) is 16.3 Å². The fourth-order valence-corrected chi connectivity index (χ4v) is 4.70. The SMILES string of the molecule is C=CC(=O)N1CC[C@@H](n2c(=O)n(-c3ccc(OCc4ccccc4F)c(Cl)c3)c3cnccc32)C1. The van der Waals surface area contributed by atoms with Gasteiger partial charge in [0.05, 0.1) is 34.0 Å². The molecule has 1 aliphatic rings. The molecule has 0 bridgehead atoms. The minimum atomic E-state index is -0.354. The lowest BCUT2D eigenvalue weighted by Crippen LogP contribution is -2.31. The number of pyridine rings is 1. The van der Waals surface area contributed by atoms with Crippen LogP contribution in [0.2, 0.25) is 5.02 Å². The number of aromatic nitrogens is 3. The van der Waals surface area contributed by atoms with Crippen LogP contribution in [0.4, 0.5) is 4.39 Å². The predicted octanol–water partition coefficient (Wildman–Crippen LogP) is 4.52. The van der Waals surface area contributed by atoms with E-state index in [1.807, 2.05) is 0 Å². The van der Waals surface area contributed by atoms with E-state index >= 15 is 0 Å². The van der Waals surface area contributed by atoms with Crippen molar-refractivity contribution in [3.63, 3.8) is 0 Å². The quantitative estimate of drug-likeness (QED) is 0.371. The molecule has 0 radical (unpaired) electrons. The Morgan fingerprint density at radius 1 is 1.23 bits per heavy atom. The number of likely N-dealkylation sites (tertiary alicyclic amines) is 1. The Hall–Kier alpha value is -3.91. The number of nitrogens with zero attached hydrogens (tertiary/aromatic N) is 4. The summed E-state index contributed by atoms with van der Waals surface area (Å²) in [5, 5.41) is 0.291. The topological polar surface area (TPSA) is 69.4 Å². The van der Waals surface area contributed by atoms with E-state index < -0.39 is 0 Å². The molecule has 9 heteroatoms. The van der Waals surface area contributed by atoms with E-state index in [2.05, 4.69) is 11.6 Å². The molecular weight excluding hydrogens is 471 g/mol. The van der Waals surface area contributed by atoms with Gasteiger partial charge in [-0.2, -0.15) is 0 Å². The second-order valence-corrected chi connectivity index (χ2v) is 8.69. The molecule has 1 atom stereocenters. The molecule has 4 aromatic rings. The number of benzene rings is 2. The lowest BCUT2D eigenvalue weighted by molar-refractivity contribution is -0.125. The highest BCUT2D eigenvalue weighted by molar-refractivity contribution is 6.32. The Labute approximate surface area is 205 Å². The van der Waals surface area contributed by atoms with Crippen LogP contribution in [-0.4, -0.2) is 38.0 Å². The number of ether oxygens (including phenoxy) is 1. The van der Waals surface area contributed by atoms with Crippen LogP contribution in [0, 0.1) is 5.82 Å². The maximum Gasteiger partial charge on any atom is 0.334 e. The van der Waals surface area contributed by atoms with Gasteiger partial charge in [0.1, 0.15) is 18.2 Å². The van der Waals surface area contributed by atoms with Gasteiger partial charge in [0.15, 0.2) is 0 Å². The third kappa shape index (κ3) is 4.21. The summed E-state index contributed by atoms with van der Waals surface area (Å²) in [6.45, 7) is 4.56. The van der Waals surface area contributed by atoms with E-state index in [0.717, 1.165) is 5.52 Å². The van der Waals surface area contributed by atoms with Gasteiger partial charge < -0.3 is 9.64 Å². The first kappa shape index (κ1) is 22.9. The second kappa shape index (κ2) is 9.38. The summed E-state index contributed by atoms with van der Waals surface area (Å²) in [4.78, 5) is 31.6. The van der Waals surface area contributed by atoms with Crippen molar-refractivity contribution < 1.29 is 13.9 Å². The molecule has 2 aromatic heterocycles. The van der Waals surface area contributed by atoms with E-state index in [9.17, 15) is 14.0 Å². The molecule has 1 saturated heterocycles. The van der Waals surface area contributed by atoms with Gasteiger partial charge in [-0.05, 0) is 42.8 Å². The molecule has 0 saturated carbocycles. The number of amides is 1. The third-order valence-corrected chi connectivity index (χ3v) is 6.50. The minimum Gasteiger partial charge on any atom is -0.487 e. The number of carbonyl (C=O) groups excluding carboxylic acids is 1. The number of halogens is 2. The summed E-state index contributed by atoms with van der Waals surface area (Å²) in [6.07, 6.45) is 5.21. The maximum absolute atomic E-state index is 13.9. The first-order valence-corrected chi connectivity index (χ1v) is 11.5. The summed E-state index contributed by atoms with van der Waals surface area (Å²) >= 11 is 6.48. The van der Waals surface area contributed by atoms with Crippen molar-refractivity contribution >= 4 is 28.5 Å². The van der Waals surface area contributed by atoms with Crippen LogP contribution in [0.1, 0.15) is 18.0 Å². The lowest BCUT2D eigenvalue weighted by atomic mass is 10.2. The van der Waals surface area contributed by atoms with Crippen LogP contribution in [0.15, 0.2) is 78.4 Å². The van der Waals surface area contributed by atoms with E-state index in [1.54, 1.807) is 68.9 Å². The minimum absolute atomic E-state index is 0.0243. The molecule has 0 N–H and O–H groups in total. The molecule has 1 amide bonds. The summed E-state index contributed by atoms with van der Waals surface area (Å²) in [6, 6.07) is 13.0. The van der Waals surface area contributed by atoms with Crippen molar-refractivity contribution in [1.82, 2.24) is 19.0 Å². The van der Waals surface area contributed by atoms with Crippen molar-refractivity contribution in [2.45, 2.75) is 19.1 Å². The molecule has 2 aromatic carbocycles. The van der Waals surface area contributed by atoms with Gasteiger partial charge >= 0.3 is 5.69 Å². The Balaban J connectivity index is 1.48. The van der Waals surface area contributed by atoms with Gasteiger partial charge in [-0.15, -0.1) is 0 Å². The normalized spacial score (nSPS) is 15.5. The molecule has 35 heavy (non-hydrogen) atoms. The number of imidazole rings is 1. The summed E-state index contributed by atoms with van der Waals surface area (Å²) in [5.74, 6) is -0.126. The number of rotatable bonds is 6. The smallest absolute Gasteiger partial charge is 0.334 e. The lowest BCUT2D eigenvalue weighted by Gasteiger charge is -2.15. The zero-order chi connectivity index (χ0) is 24.5. The average Bonchev–Trinajstić information content (AvgIpc) is 3.45. The van der Waals surface area contributed by atoms with E-state index in [-0.39, 0.29) is 30.1 Å². The van der Waals surface area contributed by atoms with Crippen molar-refractivity contribution in [3.8, 4) is 11.4 Å². The molecule has 0 aliphatic carbocycles. The van der Waals surface area contributed by atoms with Gasteiger partial charge in [0, 0.05) is 24.8 Å². The molecule has 1 aliphatic heterocycles. The van der Waals surface area contributed by atoms with Gasteiger partial charge in [0.25, 0.3) is 0 Å². The van der Waals surface area contributed by atoms with Crippen molar-refractivity contribution in [2.24, 2.45) is 0 Å². The summed E-state index contributed by atoms with van der Waals surface area (Å²) in [7, 11) is 0. The highest BCUT2D eigenvalue weighted by Gasteiger charge is 2.30. The summed E-state index contributed by atoms with van der Waals surface area (Å²) < 4.78 is 22.9. The Morgan fingerprint density at radius 3 is 2.83 bits per heavy atom. The maximum atomic E-state index is 13.9. The Bertz CT molecular complexity index is 1500. The Morgan fingerprint density at radius 2 is 2.06 bits per heavy atom. The van der Waals surface area contributed by atoms with Gasteiger partial charge in [-0.25, -0.2) is 9.18 Å². The zero-order valence-corrected chi connectivity index (χ0v) is 19.5. The number of carbonyl (C=O) groups is 1. The zero-order valence-electron chi connectivity index (χ0n) is 18.7. The number of hydrogen-bond donors (Lipinski definition) is 0.